The maximum atomic E-state index is 13.1. The smallest absolute Gasteiger partial charge is 0.203 e. The quantitative estimate of drug-likeness (QED) is 0.775. The zero-order valence-corrected chi connectivity index (χ0v) is 15.0. The molecule has 132 valence electrons. The molecule has 0 amide bonds. The average molecular weight is 333 g/mol. The number of methoxy groups -OCH3 is 3. The second kappa shape index (κ2) is 7.01. The van der Waals surface area contributed by atoms with Crippen molar-refractivity contribution in [3.8, 4) is 17.2 Å². The molecular formula is C19H27NO4. The number of ether oxygens (including phenoxy) is 3. The van der Waals surface area contributed by atoms with Gasteiger partial charge in [-0.2, -0.15) is 0 Å². The van der Waals surface area contributed by atoms with Gasteiger partial charge in [0.15, 0.2) is 17.3 Å². The van der Waals surface area contributed by atoms with Crippen molar-refractivity contribution in [1.82, 2.24) is 4.90 Å². The van der Waals surface area contributed by atoms with Gasteiger partial charge in [-0.05, 0) is 44.9 Å². The van der Waals surface area contributed by atoms with Crippen LogP contribution in [-0.4, -0.2) is 51.1 Å². The van der Waals surface area contributed by atoms with Gasteiger partial charge >= 0.3 is 0 Å². The number of piperidine rings is 2. The van der Waals surface area contributed by atoms with Crippen molar-refractivity contribution in [3.05, 3.63) is 17.7 Å². The molecule has 5 nitrogen and oxygen atoms in total. The van der Waals surface area contributed by atoms with Gasteiger partial charge < -0.3 is 19.1 Å². The van der Waals surface area contributed by atoms with Crippen LogP contribution >= 0.6 is 0 Å². The Morgan fingerprint density at radius 1 is 1.00 bits per heavy atom. The van der Waals surface area contributed by atoms with Crippen molar-refractivity contribution >= 4 is 5.78 Å². The molecule has 1 aromatic carbocycles. The van der Waals surface area contributed by atoms with Crippen LogP contribution in [0, 0.1) is 5.92 Å². The summed E-state index contributed by atoms with van der Waals surface area (Å²) in [6.07, 6.45) is 5.58. The van der Waals surface area contributed by atoms with Crippen LogP contribution in [0.2, 0.25) is 0 Å². The Kier molecular flexibility index (Phi) is 4.99. The number of benzene rings is 1. The summed E-state index contributed by atoms with van der Waals surface area (Å²) < 4.78 is 16.1. The van der Waals surface area contributed by atoms with Crippen LogP contribution in [0.25, 0.3) is 0 Å². The predicted molar refractivity (Wildman–Crippen MR) is 92.3 cm³/mol. The third-order valence-electron chi connectivity index (χ3n) is 5.66. The first-order valence-electron chi connectivity index (χ1n) is 8.65. The van der Waals surface area contributed by atoms with Crippen LogP contribution in [0.1, 0.15) is 42.5 Å². The van der Waals surface area contributed by atoms with E-state index in [4.69, 9.17) is 14.2 Å². The highest BCUT2D eigenvalue weighted by Crippen LogP contribution is 2.41. The molecule has 0 aromatic heterocycles. The van der Waals surface area contributed by atoms with Gasteiger partial charge in [0.2, 0.25) is 5.75 Å². The number of hydrogen-bond acceptors (Lipinski definition) is 5. The van der Waals surface area contributed by atoms with E-state index in [2.05, 4.69) is 11.9 Å². The third-order valence-corrected chi connectivity index (χ3v) is 5.66. The molecule has 0 aliphatic carbocycles. The van der Waals surface area contributed by atoms with Crippen LogP contribution in [0.4, 0.5) is 0 Å². The van der Waals surface area contributed by atoms with Gasteiger partial charge in [-0.1, -0.05) is 6.42 Å². The highest BCUT2D eigenvalue weighted by Gasteiger charge is 2.39. The molecule has 2 saturated heterocycles. The van der Waals surface area contributed by atoms with Gasteiger partial charge in [-0.25, -0.2) is 0 Å². The molecule has 1 aromatic rings. The van der Waals surface area contributed by atoms with E-state index in [-0.39, 0.29) is 11.7 Å². The third kappa shape index (κ3) is 2.97. The Hall–Kier alpha value is -1.75. The number of carbonyl (C=O) groups excluding carboxylic acids is 1. The summed E-state index contributed by atoms with van der Waals surface area (Å²) in [5, 5.41) is 0. The molecule has 0 N–H and O–H groups in total. The van der Waals surface area contributed by atoms with Gasteiger partial charge in [0.1, 0.15) is 0 Å². The Balaban J connectivity index is 1.87. The Morgan fingerprint density at radius 3 is 2.00 bits per heavy atom. The van der Waals surface area contributed by atoms with Crippen molar-refractivity contribution in [2.75, 3.05) is 28.4 Å². The standard InChI is InChI=1S/C19H27NO4/c1-20-14-6-5-7-15(20)9-12(8-14)18(21)13-10-16(22-2)19(24-4)17(11-13)23-3/h10-12,14-15H,5-9H2,1-4H3. The van der Waals surface area contributed by atoms with Gasteiger partial charge in [0, 0.05) is 23.6 Å². The first-order chi connectivity index (χ1) is 11.6. The Morgan fingerprint density at radius 2 is 1.54 bits per heavy atom. The average Bonchev–Trinajstić information content (AvgIpc) is 2.59. The molecule has 2 aliphatic heterocycles. The van der Waals surface area contributed by atoms with E-state index in [1.165, 1.54) is 19.3 Å². The van der Waals surface area contributed by atoms with Crippen molar-refractivity contribution in [3.63, 3.8) is 0 Å². The summed E-state index contributed by atoms with van der Waals surface area (Å²) in [6, 6.07) is 4.62. The van der Waals surface area contributed by atoms with Crippen molar-refractivity contribution in [1.29, 1.82) is 0 Å². The number of rotatable bonds is 5. The van der Waals surface area contributed by atoms with Gasteiger partial charge in [-0.15, -0.1) is 0 Å². The second-order valence-electron chi connectivity index (χ2n) is 6.85. The van der Waals surface area contributed by atoms with Crippen molar-refractivity contribution in [2.45, 2.75) is 44.2 Å². The van der Waals surface area contributed by atoms with Gasteiger partial charge in [0.05, 0.1) is 21.3 Å². The molecule has 2 heterocycles. The van der Waals surface area contributed by atoms with E-state index in [9.17, 15) is 4.79 Å². The fraction of sp³-hybridized carbons (Fsp3) is 0.632. The highest BCUT2D eigenvalue weighted by molar-refractivity contribution is 5.99. The number of nitrogens with zero attached hydrogens (tertiary/aromatic N) is 1. The maximum absolute atomic E-state index is 13.1. The maximum Gasteiger partial charge on any atom is 0.203 e. The first-order valence-corrected chi connectivity index (χ1v) is 8.65. The summed E-state index contributed by atoms with van der Waals surface area (Å²) in [5.41, 5.74) is 0.650. The van der Waals surface area contributed by atoms with Crippen LogP contribution in [0.15, 0.2) is 12.1 Å². The van der Waals surface area contributed by atoms with Gasteiger partial charge in [-0.3, -0.25) is 4.79 Å². The lowest BCUT2D eigenvalue weighted by Gasteiger charge is -2.46. The lowest BCUT2D eigenvalue weighted by molar-refractivity contribution is 0.0338. The highest BCUT2D eigenvalue weighted by atomic mass is 16.5. The molecule has 2 bridgehead atoms. The fourth-order valence-electron chi connectivity index (χ4n) is 4.29. The molecule has 2 unspecified atom stereocenters. The summed E-state index contributed by atoms with van der Waals surface area (Å²) in [4.78, 5) is 15.6. The molecule has 0 radical (unpaired) electrons. The second-order valence-corrected chi connectivity index (χ2v) is 6.85. The lowest BCUT2D eigenvalue weighted by Crippen LogP contribution is -2.51. The number of hydrogen-bond donors (Lipinski definition) is 0. The van der Waals surface area contributed by atoms with Crippen LogP contribution in [-0.2, 0) is 0 Å². The minimum absolute atomic E-state index is 0.0827. The Bertz CT molecular complexity index is 576. The number of carbonyl (C=O) groups is 1. The molecule has 0 spiro atoms. The van der Waals surface area contributed by atoms with Gasteiger partial charge in [0.25, 0.3) is 0 Å². The summed E-state index contributed by atoms with van der Waals surface area (Å²) in [7, 11) is 6.92. The molecule has 0 saturated carbocycles. The first kappa shape index (κ1) is 17.1. The molecule has 3 rings (SSSR count). The van der Waals surface area contributed by atoms with E-state index in [0.29, 0.717) is 34.9 Å². The number of Topliss-reactive ketones (excluding diaryl/α,β-unsaturated/α-hetero) is 1. The van der Waals surface area contributed by atoms with E-state index in [1.54, 1.807) is 33.5 Å². The van der Waals surface area contributed by atoms with Crippen molar-refractivity contribution < 1.29 is 19.0 Å². The molecule has 2 fully saturated rings. The zero-order chi connectivity index (χ0) is 17.3. The molecule has 2 atom stereocenters. The molecule has 5 heteroatoms. The van der Waals surface area contributed by atoms with E-state index in [0.717, 1.165) is 12.8 Å². The number of fused-ring (bicyclic) bond motifs is 2. The van der Waals surface area contributed by atoms with Crippen LogP contribution in [0.5, 0.6) is 17.2 Å². The summed E-state index contributed by atoms with van der Waals surface area (Å²) >= 11 is 0. The zero-order valence-electron chi connectivity index (χ0n) is 15.0. The Labute approximate surface area is 143 Å². The van der Waals surface area contributed by atoms with E-state index < -0.39 is 0 Å². The topological polar surface area (TPSA) is 48.0 Å². The molecular weight excluding hydrogens is 306 g/mol. The van der Waals surface area contributed by atoms with Crippen LogP contribution in [0.3, 0.4) is 0 Å². The molecule has 2 aliphatic rings. The lowest BCUT2D eigenvalue weighted by atomic mass is 9.76. The molecule has 24 heavy (non-hydrogen) atoms. The van der Waals surface area contributed by atoms with E-state index >= 15 is 0 Å². The SMILES string of the molecule is COc1cc(C(=O)C2CC3CCCC(C2)N3C)cc(OC)c1OC. The van der Waals surface area contributed by atoms with Crippen LogP contribution < -0.4 is 14.2 Å². The largest absolute Gasteiger partial charge is 0.493 e. The monoisotopic (exact) mass is 333 g/mol. The van der Waals surface area contributed by atoms with Crippen molar-refractivity contribution in [2.24, 2.45) is 5.92 Å². The van der Waals surface area contributed by atoms with E-state index in [1.807, 2.05) is 0 Å². The summed E-state index contributed by atoms with van der Waals surface area (Å²) in [6.45, 7) is 0. The predicted octanol–water partition coefficient (Wildman–Crippen LogP) is 3.16. The minimum atomic E-state index is 0.0827. The summed E-state index contributed by atoms with van der Waals surface area (Å²) in [5.74, 6) is 1.87. The number of ketones is 1. The normalized spacial score (nSPS) is 26.8. The fourth-order valence-corrected chi connectivity index (χ4v) is 4.29. The minimum Gasteiger partial charge on any atom is -0.493 e.